The van der Waals surface area contributed by atoms with E-state index in [1.807, 2.05) is 17.5 Å². The maximum Gasteiger partial charge on any atom is 0.230 e. The van der Waals surface area contributed by atoms with Gasteiger partial charge in [0, 0.05) is 27.3 Å². The third-order valence-electron chi connectivity index (χ3n) is 3.54. The third-order valence-corrected chi connectivity index (χ3v) is 4.59. The topological polar surface area (TPSA) is 71.1 Å². The number of carbonyl (C=O) groups is 2. The van der Waals surface area contributed by atoms with Crippen LogP contribution >= 0.6 is 22.9 Å². The Morgan fingerprint density at radius 3 is 2.58 bits per heavy atom. The average Bonchev–Trinajstić information content (AvgIpc) is 3.02. The smallest absolute Gasteiger partial charge is 0.230 e. The lowest BCUT2D eigenvalue weighted by Gasteiger charge is -2.05. The van der Waals surface area contributed by atoms with E-state index in [-0.39, 0.29) is 18.1 Å². The van der Waals surface area contributed by atoms with Gasteiger partial charge in [0.1, 0.15) is 0 Å². The first-order valence-corrected chi connectivity index (χ1v) is 9.13. The maximum atomic E-state index is 12.2. The second kappa shape index (κ2) is 8.12. The lowest BCUT2D eigenvalue weighted by molar-refractivity contribution is -0.115. The van der Waals surface area contributed by atoms with E-state index in [1.54, 1.807) is 36.4 Å². The molecular formula is C19H16ClN3O2S. The number of Topliss-reactive ketones (excluding diaryl/α,β-unsaturated/α-hetero) is 1. The van der Waals surface area contributed by atoms with Crippen LogP contribution in [0.15, 0.2) is 53.9 Å². The van der Waals surface area contributed by atoms with Crippen molar-refractivity contribution in [3.8, 4) is 0 Å². The first kappa shape index (κ1) is 18.1. The molecule has 132 valence electrons. The number of amides is 1. The largest absolute Gasteiger partial charge is 0.331 e. The number of aromatic nitrogens is 1. The summed E-state index contributed by atoms with van der Waals surface area (Å²) in [4.78, 5) is 27.8. The highest BCUT2D eigenvalue weighted by Crippen LogP contribution is 2.23. The van der Waals surface area contributed by atoms with Crippen molar-refractivity contribution in [1.82, 2.24) is 4.98 Å². The van der Waals surface area contributed by atoms with Gasteiger partial charge in [0.25, 0.3) is 0 Å². The summed E-state index contributed by atoms with van der Waals surface area (Å²) in [6.07, 6.45) is 0.169. The molecule has 26 heavy (non-hydrogen) atoms. The minimum Gasteiger partial charge on any atom is -0.331 e. The molecule has 2 aromatic carbocycles. The van der Waals surface area contributed by atoms with Gasteiger partial charge < -0.3 is 10.6 Å². The van der Waals surface area contributed by atoms with Gasteiger partial charge in [0.15, 0.2) is 10.9 Å². The molecule has 0 saturated heterocycles. The molecule has 7 heteroatoms. The first-order chi connectivity index (χ1) is 12.5. The van der Waals surface area contributed by atoms with Crippen molar-refractivity contribution in [3.63, 3.8) is 0 Å². The summed E-state index contributed by atoms with van der Waals surface area (Å²) < 4.78 is 0. The molecule has 0 radical (unpaired) electrons. The summed E-state index contributed by atoms with van der Waals surface area (Å²) in [5, 5.41) is 9.14. The van der Waals surface area contributed by atoms with E-state index >= 15 is 0 Å². The zero-order chi connectivity index (χ0) is 18.5. The molecule has 3 rings (SSSR count). The Labute approximate surface area is 160 Å². The van der Waals surface area contributed by atoms with E-state index in [1.165, 1.54) is 18.3 Å². The normalized spacial score (nSPS) is 10.4. The number of anilines is 3. The quantitative estimate of drug-likeness (QED) is 0.590. The Morgan fingerprint density at radius 2 is 1.88 bits per heavy atom. The minimum absolute atomic E-state index is 0.00918. The Balaban J connectivity index is 1.58. The molecule has 1 aromatic heterocycles. The Hall–Kier alpha value is -2.70. The lowest BCUT2D eigenvalue weighted by atomic mass is 10.1. The summed E-state index contributed by atoms with van der Waals surface area (Å²) in [5.74, 6) is -0.176. The zero-order valence-corrected chi connectivity index (χ0v) is 15.5. The van der Waals surface area contributed by atoms with Crippen LogP contribution in [-0.4, -0.2) is 16.7 Å². The summed E-state index contributed by atoms with van der Waals surface area (Å²) in [6, 6.07) is 14.1. The molecule has 0 bridgehead atoms. The summed E-state index contributed by atoms with van der Waals surface area (Å²) in [6.45, 7) is 1.50. The molecule has 0 atom stereocenters. The van der Waals surface area contributed by atoms with Crippen molar-refractivity contribution in [2.24, 2.45) is 0 Å². The number of thiazole rings is 1. The fourth-order valence-corrected chi connectivity index (χ4v) is 3.21. The molecule has 1 amide bonds. The summed E-state index contributed by atoms with van der Waals surface area (Å²) in [5.41, 5.74) is 2.78. The average molecular weight is 386 g/mol. The number of rotatable bonds is 6. The van der Waals surface area contributed by atoms with Crippen molar-refractivity contribution in [1.29, 1.82) is 0 Å². The van der Waals surface area contributed by atoms with Crippen molar-refractivity contribution >= 4 is 51.1 Å². The van der Waals surface area contributed by atoms with Gasteiger partial charge >= 0.3 is 0 Å². The number of hydrogen-bond acceptors (Lipinski definition) is 5. The number of halogens is 1. The second-order valence-corrected chi connectivity index (χ2v) is 6.93. The van der Waals surface area contributed by atoms with Crippen molar-refractivity contribution in [2.45, 2.75) is 13.3 Å². The predicted molar refractivity (Wildman–Crippen MR) is 106 cm³/mol. The van der Waals surface area contributed by atoms with Gasteiger partial charge in [-0.05, 0) is 49.4 Å². The van der Waals surface area contributed by atoms with Gasteiger partial charge in [-0.15, -0.1) is 11.3 Å². The van der Waals surface area contributed by atoms with Crippen LogP contribution in [0, 0.1) is 0 Å². The number of carbonyl (C=O) groups excluding carboxylic acids is 2. The highest BCUT2D eigenvalue weighted by Gasteiger charge is 2.09. The van der Waals surface area contributed by atoms with Crippen LogP contribution < -0.4 is 10.6 Å². The molecule has 0 aliphatic heterocycles. The molecule has 0 saturated carbocycles. The molecule has 0 fully saturated rings. The molecule has 0 spiro atoms. The second-order valence-electron chi connectivity index (χ2n) is 5.64. The fourth-order valence-electron chi connectivity index (χ4n) is 2.29. The number of nitrogens with zero attached hydrogens (tertiary/aromatic N) is 1. The molecule has 0 aliphatic rings. The van der Waals surface area contributed by atoms with Gasteiger partial charge in [-0.1, -0.05) is 17.7 Å². The highest BCUT2D eigenvalue weighted by atomic mass is 35.5. The molecule has 2 N–H and O–H groups in total. The molecule has 3 aromatic rings. The number of benzene rings is 2. The minimum atomic E-state index is -0.166. The van der Waals surface area contributed by atoms with E-state index in [4.69, 9.17) is 11.6 Å². The van der Waals surface area contributed by atoms with Crippen LogP contribution in [0.25, 0.3) is 0 Å². The monoisotopic (exact) mass is 385 g/mol. The standard InChI is InChI=1S/C19H16ClN3O2S/c1-12(24)13-5-7-15(8-6-13)21-18(25)10-17-11-26-19(23-17)22-16-4-2-3-14(20)9-16/h2-9,11H,10H2,1H3,(H,21,25)(H,22,23). The van der Waals surface area contributed by atoms with Crippen molar-refractivity contribution in [3.05, 3.63) is 70.2 Å². The zero-order valence-electron chi connectivity index (χ0n) is 14.0. The van der Waals surface area contributed by atoms with E-state index in [9.17, 15) is 9.59 Å². The van der Waals surface area contributed by atoms with E-state index in [2.05, 4.69) is 15.6 Å². The molecule has 5 nitrogen and oxygen atoms in total. The molecule has 0 aliphatic carbocycles. The van der Waals surface area contributed by atoms with Crippen LogP contribution in [0.5, 0.6) is 0 Å². The molecule has 0 unspecified atom stereocenters. The molecule has 1 heterocycles. The van der Waals surface area contributed by atoms with Crippen LogP contribution in [0.1, 0.15) is 23.0 Å². The first-order valence-electron chi connectivity index (χ1n) is 7.87. The van der Waals surface area contributed by atoms with Gasteiger partial charge in [0.05, 0.1) is 12.1 Å². The van der Waals surface area contributed by atoms with E-state index in [0.717, 1.165) is 5.69 Å². The number of ketones is 1. The maximum absolute atomic E-state index is 12.2. The van der Waals surface area contributed by atoms with Crippen LogP contribution in [0.4, 0.5) is 16.5 Å². The van der Waals surface area contributed by atoms with E-state index in [0.29, 0.717) is 27.1 Å². The van der Waals surface area contributed by atoms with Crippen LogP contribution in [0.3, 0.4) is 0 Å². The Morgan fingerprint density at radius 1 is 1.12 bits per heavy atom. The highest BCUT2D eigenvalue weighted by molar-refractivity contribution is 7.13. The third kappa shape index (κ3) is 4.91. The van der Waals surface area contributed by atoms with Gasteiger partial charge in [-0.2, -0.15) is 0 Å². The van der Waals surface area contributed by atoms with Gasteiger partial charge in [0.2, 0.25) is 5.91 Å². The van der Waals surface area contributed by atoms with Gasteiger partial charge in [-0.3, -0.25) is 9.59 Å². The van der Waals surface area contributed by atoms with E-state index < -0.39 is 0 Å². The van der Waals surface area contributed by atoms with Gasteiger partial charge in [-0.25, -0.2) is 4.98 Å². The van der Waals surface area contributed by atoms with Crippen molar-refractivity contribution < 1.29 is 9.59 Å². The number of nitrogens with one attached hydrogen (secondary N) is 2. The van der Waals surface area contributed by atoms with Crippen LogP contribution in [0.2, 0.25) is 5.02 Å². The number of hydrogen-bond donors (Lipinski definition) is 2. The fraction of sp³-hybridized carbons (Fsp3) is 0.105. The Bertz CT molecular complexity index is 938. The summed E-state index contributed by atoms with van der Waals surface area (Å²) >= 11 is 7.38. The predicted octanol–water partition coefficient (Wildman–Crippen LogP) is 4.92. The molecular weight excluding hydrogens is 370 g/mol. The summed E-state index contributed by atoms with van der Waals surface area (Å²) in [7, 11) is 0. The van der Waals surface area contributed by atoms with Crippen LogP contribution in [-0.2, 0) is 11.2 Å². The van der Waals surface area contributed by atoms with Crippen molar-refractivity contribution in [2.75, 3.05) is 10.6 Å². The Kier molecular flexibility index (Phi) is 5.65. The lowest BCUT2D eigenvalue weighted by Crippen LogP contribution is -2.14. The SMILES string of the molecule is CC(=O)c1ccc(NC(=O)Cc2csc(Nc3cccc(Cl)c3)n2)cc1.